The molecule has 182 valence electrons. The lowest BCUT2D eigenvalue weighted by Crippen LogP contribution is -2.56. The summed E-state index contributed by atoms with van der Waals surface area (Å²) in [4.78, 5) is 20.5. The first kappa shape index (κ1) is 23.0. The van der Waals surface area contributed by atoms with Crippen LogP contribution in [0.15, 0.2) is 48.5 Å². The molecule has 2 aliphatic carbocycles. The van der Waals surface area contributed by atoms with Crippen molar-refractivity contribution in [3.05, 3.63) is 54.1 Å². The van der Waals surface area contributed by atoms with Crippen molar-refractivity contribution in [3.63, 3.8) is 0 Å². The first-order valence-corrected chi connectivity index (χ1v) is 12.6. The number of carbonyl (C=O) groups is 1. The zero-order valence-electron chi connectivity index (χ0n) is 20.8. The van der Waals surface area contributed by atoms with Crippen molar-refractivity contribution in [2.45, 2.75) is 56.0 Å². The van der Waals surface area contributed by atoms with E-state index in [4.69, 9.17) is 10.5 Å². The molecule has 1 saturated heterocycles. The predicted octanol–water partition coefficient (Wildman–Crippen LogP) is 5.09. The van der Waals surface area contributed by atoms with Crippen LogP contribution in [0.2, 0.25) is 0 Å². The summed E-state index contributed by atoms with van der Waals surface area (Å²) >= 11 is 0. The Morgan fingerprint density at radius 3 is 2.35 bits per heavy atom. The average molecular weight is 463 g/mol. The van der Waals surface area contributed by atoms with E-state index in [-0.39, 0.29) is 17.1 Å². The van der Waals surface area contributed by atoms with Gasteiger partial charge in [0.15, 0.2) is 0 Å². The van der Waals surface area contributed by atoms with E-state index >= 15 is 0 Å². The number of benzene rings is 2. The van der Waals surface area contributed by atoms with Crippen molar-refractivity contribution < 1.29 is 9.53 Å². The molecule has 6 nitrogen and oxygen atoms in total. The SMILES string of the molecule is COc1cc(N)ccc1N1C[C@]2(CC[C@](c3ccccc3)(N(C)C)CC2)N(CC2CCC2)C1=O. The minimum absolute atomic E-state index is 0.00397. The first-order valence-electron chi connectivity index (χ1n) is 12.6. The molecule has 0 bridgehead atoms. The number of nitrogens with two attached hydrogens (primary N) is 1. The van der Waals surface area contributed by atoms with E-state index in [1.807, 2.05) is 23.1 Å². The average Bonchev–Trinajstić information content (AvgIpc) is 3.08. The fourth-order valence-corrected chi connectivity index (χ4v) is 6.41. The second kappa shape index (κ2) is 8.81. The van der Waals surface area contributed by atoms with Gasteiger partial charge in [-0.3, -0.25) is 9.80 Å². The van der Waals surface area contributed by atoms with Crippen LogP contribution in [0, 0.1) is 5.92 Å². The lowest BCUT2D eigenvalue weighted by molar-refractivity contribution is 0.0172. The number of hydrogen-bond donors (Lipinski definition) is 1. The second-order valence-corrected chi connectivity index (χ2v) is 10.7. The molecule has 2 aromatic carbocycles. The smallest absolute Gasteiger partial charge is 0.325 e. The van der Waals surface area contributed by atoms with Gasteiger partial charge in [0, 0.05) is 23.8 Å². The highest BCUT2D eigenvalue weighted by molar-refractivity contribution is 5.97. The zero-order chi connectivity index (χ0) is 23.9. The van der Waals surface area contributed by atoms with Gasteiger partial charge in [-0.05, 0) is 76.2 Å². The summed E-state index contributed by atoms with van der Waals surface area (Å²) in [5.41, 5.74) is 8.71. The Balaban J connectivity index is 1.47. The molecule has 1 aliphatic heterocycles. The fourth-order valence-electron chi connectivity index (χ4n) is 6.41. The summed E-state index contributed by atoms with van der Waals surface area (Å²) < 4.78 is 5.63. The van der Waals surface area contributed by atoms with Crippen LogP contribution in [0.1, 0.15) is 50.5 Å². The molecule has 1 heterocycles. The fraction of sp³-hybridized carbons (Fsp3) is 0.536. The third kappa shape index (κ3) is 3.72. The normalized spacial score (nSPS) is 27.5. The van der Waals surface area contributed by atoms with E-state index in [1.54, 1.807) is 7.11 Å². The number of hydrogen-bond acceptors (Lipinski definition) is 4. The van der Waals surface area contributed by atoms with E-state index < -0.39 is 0 Å². The molecular weight excluding hydrogens is 424 g/mol. The molecular formula is C28H38N4O2. The number of carbonyl (C=O) groups excluding carboxylic acids is 1. The Hall–Kier alpha value is -2.73. The number of anilines is 2. The third-order valence-corrected chi connectivity index (χ3v) is 8.82. The lowest BCUT2D eigenvalue weighted by atomic mass is 9.68. The molecule has 0 atom stereocenters. The number of nitrogen functional groups attached to an aromatic ring is 1. The van der Waals surface area contributed by atoms with Crippen LogP contribution in [-0.2, 0) is 5.54 Å². The summed E-state index contributed by atoms with van der Waals surface area (Å²) in [6.07, 6.45) is 7.80. The maximum atomic E-state index is 13.9. The Kier molecular flexibility index (Phi) is 5.96. The van der Waals surface area contributed by atoms with Gasteiger partial charge in [0.05, 0.1) is 24.9 Å². The highest BCUT2D eigenvalue weighted by Crippen LogP contribution is 2.51. The molecule has 2 amide bonds. The van der Waals surface area contributed by atoms with Crippen molar-refractivity contribution in [2.24, 2.45) is 5.92 Å². The minimum Gasteiger partial charge on any atom is -0.494 e. The van der Waals surface area contributed by atoms with E-state index in [1.165, 1.54) is 24.8 Å². The second-order valence-electron chi connectivity index (χ2n) is 10.7. The Labute approximate surface area is 203 Å². The number of amides is 2. The Morgan fingerprint density at radius 1 is 1.06 bits per heavy atom. The summed E-state index contributed by atoms with van der Waals surface area (Å²) in [5, 5.41) is 0. The van der Waals surface area contributed by atoms with Gasteiger partial charge in [-0.2, -0.15) is 0 Å². The van der Waals surface area contributed by atoms with Gasteiger partial charge in [0.25, 0.3) is 0 Å². The van der Waals surface area contributed by atoms with Crippen LogP contribution < -0.4 is 15.4 Å². The number of urea groups is 1. The van der Waals surface area contributed by atoms with E-state index in [9.17, 15) is 4.79 Å². The molecule has 2 N–H and O–H groups in total. The van der Waals surface area contributed by atoms with Crippen molar-refractivity contribution in [1.82, 2.24) is 9.80 Å². The molecule has 5 rings (SSSR count). The van der Waals surface area contributed by atoms with Crippen LogP contribution in [0.5, 0.6) is 5.75 Å². The molecule has 34 heavy (non-hydrogen) atoms. The molecule has 0 radical (unpaired) electrons. The van der Waals surface area contributed by atoms with Gasteiger partial charge in [0.1, 0.15) is 5.75 Å². The maximum Gasteiger partial charge on any atom is 0.325 e. The molecule has 3 aliphatic rings. The third-order valence-electron chi connectivity index (χ3n) is 8.82. The van der Waals surface area contributed by atoms with E-state index in [2.05, 4.69) is 54.2 Å². The van der Waals surface area contributed by atoms with Crippen LogP contribution in [0.3, 0.4) is 0 Å². The van der Waals surface area contributed by atoms with Crippen LogP contribution in [0.4, 0.5) is 16.2 Å². The molecule has 3 fully saturated rings. The van der Waals surface area contributed by atoms with Gasteiger partial charge >= 0.3 is 6.03 Å². The predicted molar refractivity (Wildman–Crippen MR) is 137 cm³/mol. The standard InChI is InChI=1S/C28H38N4O2/c1-30(2)28(22-10-5-4-6-11-22)16-14-27(15-17-28)20-31(24-13-12-23(29)18-25(24)34-3)26(33)32(27)19-21-8-7-9-21/h4-6,10-13,18,21H,7-9,14-17,19-20,29H2,1-3H3/t27-,28+. The maximum absolute atomic E-state index is 13.9. The van der Waals surface area contributed by atoms with E-state index in [0.717, 1.165) is 37.9 Å². The molecule has 6 heteroatoms. The largest absolute Gasteiger partial charge is 0.494 e. The molecule has 1 spiro atoms. The number of rotatable bonds is 6. The van der Waals surface area contributed by atoms with Crippen molar-refractivity contribution >= 4 is 17.4 Å². The Bertz CT molecular complexity index is 1030. The molecule has 2 saturated carbocycles. The van der Waals surface area contributed by atoms with Gasteiger partial charge in [-0.25, -0.2) is 4.79 Å². The zero-order valence-corrected chi connectivity index (χ0v) is 20.8. The topological polar surface area (TPSA) is 62.0 Å². The lowest BCUT2D eigenvalue weighted by Gasteiger charge is -2.51. The summed E-state index contributed by atoms with van der Waals surface area (Å²) in [5.74, 6) is 1.29. The summed E-state index contributed by atoms with van der Waals surface area (Å²) in [6.45, 7) is 1.57. The van der Waals surface area contributed by atoms with Gasteiger partial charge in [0.2, 0.25) is 0 Å². The number of nitrogens with zero attached hydrogens (tertiary/aromatic N) is 3. The van der Waals surface area contributed by atoms with Gasteiger partial charge < -0.3 is 15.4 Å². The van der Waals surface area contributed by atoms with Crippen LogP contribution >= 0.6 is 0 Å². The molecule has 0 unspecified atom stereocenters. The van der Waals surface area contributed by atoms with Crippen LogP contribution in [0.25, 0.3) is 0 Å². The Morgan fingerprint density at radius 2 is 1.76 bits per heavy atom. The monoisotopic (exact) mass is 462 g/mol. The number of ether oxygens (including phenoxy) is 1. The summed E-state index contributed by atoms with van der Waals surface area (Å²) in [6, 6.07) is 16.6. The quantitative estimate of drug-likeness (QED) is 0.608. The molecule has 2 aromatic rings. The van der Waals surface area contributed by atoms with Crippen molar-refractivity contribution in [1.29, 1.82) is 0 Å². The van der Waals surface area contributed by atoms with Crippen molar-refractivity contribution in [2.75, 3.05) is 44.9 Å². The van der Waals surface area contributed by atoms with E-state index in [0.29, 0.717) is 23.9 Å². The highest BCUT2D eigenvalue weighted by Gasteiger charge is 2.55. The van der Waals surface area contributed by atoms with Crippen LogP contribution in [-0.4, -0.2) is 55.7 Å². The summed E-state index contributed by atoms with van der Waals surface area (Å²) in [7, 11) is 6.04. The number of methoxy groups -OCH3 is 1. The van der Waals surface area contributed by atoms with Gasteiger partial charge in [-0.1, -0.05) is 36.8 Å². The van der Waals surface area contributed by atoms with Crippen molar-refractivity contribution in [3.8, 4) is 5.75 Å². The first-order chi connectivity index (χ1) is 16.4. The minimum atomic E-state index is -0.145. The van der Waals surface area contributed by atoms with Gasteiger partial charge in [-0.15, -0.1) is 0 Å². The molecule has 0 aromatic heterocycles. The highest BCUT2D eigenvalue weighted by atomic mass is 16.5.